The second kappa shape index (κ2) is 3.98. The Balaban J connectivity index is 2.11. The van der Waals surface area contributed by atoms with Crippen molar-refractivity contribution < 1.29 is 4.39 Å². The largest absolute Gasteiger partial charge is 0.396 e. The van der Waals surface area contributed by atoms with Gasteiger partial charge in [0.2, 0.25) is 0 Å². The van der Waals surface area contributed by atoms with Gasteiger partial charge in [-0.3, -0.25) is 0 Å². The zero-order valence-corrected chi connectivity index (χ0v) is 10.2. The van der Waals surface area contributed by atoms with Crippen molar-refractivity contribution in [3.8, 4) is 0 Å². The fourth-order valence-corrected chi connectivity index (χ4v) is 2.34. The Morgan fingerprint density at radius 3 is 3.00 bits per heavy atom. The summed E-state index contributed by atoms with van der Waals surface area (Å²) in [7, 11) is 0. The summed E-state index contributed by atoms with van der Waals surface area (Å²) in [6.07, 6.45) is 2.63. The van der Waals surface area contributed by atoms with Gasteiger partial charge in [-0.2, -0.15) is 0 Å². The van der Waals surface area contributed by atoms with E-state index in [0.717, 1.165) is 35.6 Å². The van der Waals surface area contributed by atoms with Crippen LogP contribution in [0.3, 0.4) is 0 Å². The lowest BCUT2D eigenvalue weighted by Crippen LogP contribution is -2.17. The van der Waals surface area contributed by atoms with E-state index in [0.29, 0.717) is 5.69 Å². The van der Waals surface area contributed by atoms with Crippen LogP contribution in [0.2, 0.25) is 0 Å². The molecule has 2 N–H and O–H groups in total. The van der Waals surface area contributed by atoms with E-state index in [9.17, 15) is 4.39 Å². The number of nitrogen functional groups attached to an aromatic ring is 1. The Bertz CT molecular complexity index is 610. The summed E-state index contributed by atoms with van der Waals surface area (Å²) in [4.78, 5) is 6.31. The SMILES string of the molecule is Cc1ccnc(N2CCc3ccc(F)cc32)c1N. The number of aryl methyl sites for hydroxylation is 1. The number of nitrogens with two attached hydrogens (primary N) is 1. The van der Waals surface area contributed by atoms with Crippen LogP contribution in [0.1, 0.15) is 11.1 Å². The maximum absolute atomic E-state index is 13.4. The maximum atomic E-state index is 13.4. The predicted molar refractivity (Wildman–Crippen MR) is 70.5 cm³/mol. The second-order valence-corrected chi connectivity index (χ2v) is 4.54. The van der Waals surface area contributed by atoms with Gasteiger partial charge in [0.1, 0.15) is 5.82 Å². The Morgan fingerprint density at radius 2 is 2.17 bits per heavy atom. The number of rotatable bonds is 1. The minimum atomic E-state index is -0.230. The van der Waals surface area contributed by atoms with Gasteiger partial charge in [-0.25, -0.2) is 9.37 Å². The molecular weight excluding hydrogens is 229 g/mol. The first-order chi connectivity index (χ1) is 8.66. The predicted octanol–water partition coefficient (Wildman–Crippen LogP) is 2.81. The van der Waals surface area contributed by atoms with Gasteiger partial charge in [0.15, 0.2) is 5.82 Å². The number of benzene rings is 1. The molecule has 1 aromatic carbocycles. The average molecular weight is 243 g/mol. The molecule has 0 spiro atoms. The first-order valence-corrected chi connectivity index (χ1v) is 5.94. The van der Waals surface area contributed by atoms with Crippen molar-refractivity contribution in [1.29, 1.82) is 0 Å². The van der Waals surface area contributed by atoms with Crippen LogP contribution in [0.15, 0.2) is 30.5 Å². The lowest BCUT2D eigenvalue weighted by molar-refractivity contribution is 0.628. The Hall–Kier alpha value is -2.10. The van der Waals surface area contributed by atoms with Crippen LogP contribution in [0.4, 0.5) is 21.6 Å². The number of fused-ring (bicyclic) bond motifs is 1. The summed E-state index contributed by atoms with van der Waals surface area (Å²) in [6, 6.07) is 6.75. The molecule has 2 heterocycles. The van der Waals surface area contributed by atoms with E-state index in [2.05, 4.69) is 4.98 Å². The van der Waals surface area contributed by atoms with Crippen molar-refractivity contribution >= 4 is 17.2 Å². The summed E-state index contributed by atoms with van der Waals surface area (Å²) < 4.78 is 13.4. The monoisotopic (exact) mass is 243 g/mol. The summed E-state index contributed by atoms with van der Waals surface area (Å²) in [5.41, 5.74) is 9.72. The van der Waals surface area contributed by atoms with Crippen molar-refractivity contribution in [1.82, 2.24) is 4.98 Å². The van der Waals surface area contributed by atoms with Crippen LogP contribution in [0, 0.1) is 12.7 Å². The van der Waals surface area contributed by atoms with E-state index < -0.39 is 0 Å². The van der Waals surface area contributed by atoms with Gasteiger partial charge in [-0.05, 0) is 42.7 Å². The minimum Gasteiger partial charge on any atom is -0.396 e. The molecule has 0 unspecified atom stereocenters. The van der Waals surface area contributed by atoms with Crippen molar-refractivity contribution in [2.75, 3.05) is 17.2 Å². The molecule has 0 saturated carbocycles. The van der Waals surface area contributed by atoms with Gasteiger partial charge in [-0.15, -0.1) is 0 Å². The third-order valence-corrected chi connectivity index (χ3v) is 3.39. The summed E-state index contributed by atoms with van der Waals surface area (Å²) in [6.45, 7) is 2.74. The van der Waals surface area contributed by atoms with Gasteiger partial charge >= 0.3 is 0 Å². The van der Waals surface area contributed by atoms with Gasteiger partial charge < -0.3 is 10.6 Å². The van der Waals surface area contributed by atoms with E-state index >= 15 is 0 Å². The highest BCUT2D eigenvalue weighted by Gasteiger charge is 2.23. The third-order valence-electron chi connectivity index (χ3n) is 3.39. The molecule has 3 nitrogen and oxygen atoms in total. The zero-order valence-electron chi connectivity index (χ0n) is 10.2. The maximum Gasteiger partial charge on any atom is 0.156 e. The van der Waals surface area contributed by atoms with Gasteiger partial charge in [0.05, 0.1) is 5.69 Å². The first-order valence-electron chi connectivity index (χ1n) is 5.94. The molecule has 0 amide bonds. The number of hydrogen-bond acceptors (Lipinski definition) is 3. The molecule has 0 aliphatic carbocycles. The van der Waals surface area contributed by atoms with Gasteiger partial charge in [0, 0.05) is 18.4 Å². The van der Waals surface area contributed by atoms with Crippen LogP contribution in [0.5, 0.6) is 0 Å². The average Bonchev–Trinajstić information content (AvgIpc) is 2.75. The Labute approximate surface area is 105 Å². The van der Waals surface area contributed by atoms with Crippen LogP contribution < -0.4 is 10.6 Å². The quantitative estimate of drug-likeness (QED) is 0.837. The minimum absolute atomic E-state index is 0.230. The molecule has 1 aliphatic heterocycles. The summed E-state index contributed by atoms with van der Waals surface area (Å²) >= 11 is 0. The fraction of sp³-hybridized carbons (Fsp3) is 0.214. The normalized spacial score (nSPS) is 13.8. The molecule has 92 valence electrons. The van der Waals surface area contributed by atoms with Crippen molar-refractivity contribution in [2.24, 2.45) is 0 Å². The molecule has 1 aromatic heterocycles. The molecule has 1 aliphatic rings. The molecule has 3 rings (SSSR count). The summed E-state index contributed by atoms with van der Waals surface area (Å²) in [5.74, 6) is 0.492. The van der Waals surface area contributed by atoms with E-state index in [4.69, 9.17) is 5.73 Å². The Morgan fingerprint density at radius 1 is 1.33 bits per heavy atom. The lowest BCUT2D eigenvalue weighted by Gasteiger charge is -2.20. The highest BCUT2D eigenvalue weighted by Crippen LogP contribution is 2.37. The van der Waals surface area contributed by atoms with E-state index in [1.165, 1.54) is 6.07 Å². The van der Waals surface area contributed by atoms with Gasteiger partial charge in [-0.1, -0.05) is 6.07 Å². The smallest absolute Gasteiger partial charge is 0.156 e. The molecule has 18 heavy (non-hydrogen) atoms. The summed E-state index contributed by atoms with van der Waals surface area (Å²) in [5, 5.41) is 0. The van der Waals surface area contributed by atoms with Crippen molar-refractivity contribution in [3.63, 3.8) is 0 Å². The molecule has 0 fully saturated rings. The van der Waals surface area contributed by atoms with E-state index in [-0.39, 0.29) is 5.82 Å². The molecule has 0 saturated heterocycles. The molecule has 0 radical (unpaired) electrons. The van der Waals surface area contributed by atoms with E-state index in [1.807, 2.05) is 24.0 Å². The highest BCUT2D eigenvalue weighted by molar-refractivity contribution is 5.76. The van der Waals surface area contributed by atoms with Gasteiger partial charge in [0.25, 0.3) is 0 Å². The molecular formula is C14H14FN3. The number of anilines is 3. The topological polar surface area (TPSA) is 42.2 Å². The fourth-order valence-electron chi connectivity index (χ4n) is 2.34. The van der Waals surface area contributed by atoms with Crippen LogP contribution in [-0.2, 0) is 6.42 Å². The number of pyridine rings is 1. The number of nitrogens with zero attached hydrogens (tertiary/aromatic N) is 2. The zero-order chi connectivity index (χ0) is 12.7. The third kappa shape index (κ3) is 1.61. The highest BCUT2D eigenvalue weighted by atomic mass is 19.1. The molecule has 2 aromatic rings. The molecule has 0 atom stereocenters. The van der Waals surface area contributed by atoms with Crippen LogP contribution in [0.25, 0.3) is 0 Å². The van der Waals surface area contributed by atoms with Crippen LogP contribution in [-0.4, -0.2) is 11.5 Å². The first kappa shape index (κ1) is 11.0. The standard InChI is InChI=1S/C14H14FN3/c1-9-4-6-17-14(13(9)16)18-7-5-10-2-3-11(15)8-12(10)18/h2-4,6,8H,5,7,16H2,1H3. The molecule has 0 bridgehead atoms. The lowest BCUT2D eigenvalue weighted by atomic mass is 10.1. The number of aromatic nitrogens is 1. The molecule has 4 heteroatoms. The second-order valence-electron chi connectivity index (χ2n) is 4.54. The number of halogens is 1. The van der Waals surface area contributed by atoms with E-state index in [1.54, 1.807) is 12.3 Å². The van der Waals surface area contributed by atoms with Crippen LogP contribution >= 0.6 is 0 Å². The Kier molecular flexibility index (Phi) is 2.44. The van der Waals surface area contributed by atoms with Crippen molar-refractivity contribution in [2.45, 2.75) is 13.3 Å². The van der Waals surface area contributed by atoms with Crippen molar-refractivity contribution in [3.05, 3.63) is 47.4 Å². The number of hydrogen-bond donors (Lipinski definition) is 1.